The predicted molar refractivity (Wildman–Crippen MR) is 102 cm³/mol. The van der Waals surface area contributed by atoms with Gasteiger partial charge in [-0.15, -0.1) is 0 Å². The van der Waals surface area contributed by atoms with Gasteiger partial charge in [0.25, 0.3) is 5.54 Å². The monoisotopic (exact) mass is 484 g/mol. The molecule has 0 aliphatic carbocycles. The van der Waals surface area contributed by atoms with Crippen molar-refractivity contribution in [1.82, 2.24) is 5.32 Å². The van der Waals surface area contributed by atoms with E-state index in [0.717, 1.165) is 0 Å². The summed E-state index contributed by atoms with van der Waals surface area (Å²) in [4.78, 5) is 26.7. The second kappa shape index (κ2) is 8.42. The highest BCUT2D eigenvalue weighted by Crippen LogP contribution is 2.37. The topological polar surface area (TPSA) is 118 Å². The molecule has 1 aromatic carbocycles. The summed E-state index contributed by atoms with van der Waals surface area (Å²) in [6.45, 7) is 1.75. The van der Waals surface area contributed by atoms with Gasteiger partial charge in [-0.2, -0.15) is 5.26 Å². The van der Waals surface area contributed by atoms with Crippen molar-refractivity contribution in [3.63, 3.8) is 0 Å². The summed E-state index contributed by atoms with van der Waals surface area (Å²) in [5.74, 6) is 0. The molecule has 2 rings (SSSR count). The Morgan fingerprint density at radius 1 is 1.54 bits per heavy atom. The molecule has 1 N–H and O–H groups in total. The van der Waals surface area contributed by atoms with Gasteiger partial charge in [-0.05, 0) is 40.6 Å². The number of alkyl carbamates (subject to hydrolysis) is 1. The minimum Gasteiger partial charge on any atom is -0.450 e. The number of hydrogen-bond acceptors (Lipinski definition) is 6. The zero-order valence-electron chi connectivity index (χ0n) is 13.6. The maximum absolute atomic E-state index is 12.1. The smallest absolute Gasteiger partial charge is 0.411 e. The summed E-state index contributed by atoms with van der Waals surface area (Å²) < 4.78 is 5.18. The zero-order valence-corrected chi connectivity index (χ0v) is 16.8. The van der Waals surface area contributed by atoms with Crippen LogP contribution in [0.5, 0.6) is 0 Å². The highest BCUT2D eigenvalue weighted by molar-refractivity contribution is 9.18. The SMILES string of the molecule is CCOC(=O)NC1=CC(Br)=NC(Br)C1(Cc1ccccc1C#N)[N+](=O)[O-]. The number of carbonyl (C=O) groups is 1. The zero-order chi connectivity index (χ0) is 19.3. The number of nitrogens with one attached hydrogen (secondary N) is 1. The molecule has 0 saturated carbocycles. The molecule has 0 aromatic heterocycles. The van der Waals surface area contributed by atoms with Crippen LogP contribution in [0.2, 0.25) is 0 Å². The minimum atomic E-state index is -1.82. The van der Waals surface area contributed by atoms with Crippen molar-refractivity contribution in [2.45, 2.75) is 23.8 Å². The van der Waals surface area contributed by atoms with Crippen molar-refractivity contribution >= 4 is 42.6 Å². The molecule has 2 unspecified atom stereocenters. The lowest BCUT2D eigenvalue weighted by molar-refractivity contribution is -0.557. The quantitative estimate of drug-likeness (QED) is 0.297. The van der Waals surface area contributed by atoms with E-state index in [0.29, 0.717) is 15.7 Å². The van der Waals surface area contributed by atoms with E-state index in [4.69, 9.17) is 4.74 Å². The van der Waals surface area contributed by atoms with E-state index in [1.807, 2.05) is 6.07 Å². The van der Waals surface area contributed by atoms with Crippen molar-refractivity contribution in [2.75, 3.05) is 6.61 Å². The Balaban J connectivity index is 2.54. The molecule has 0 fully saturated rings. The van der Waals surface area contributed by atoms with Gasteiger partial charge in [-0.1, -0.05) is 34.1 Å². The van der Waals surface area contributed by atoms with Crippen LogP contribution in [-0.2, 0) is 11.2 Å². The lowest BCUT2D eigenvalue weighted by Gasteiger charge is -2.32. The normalized spacial score (nSPS) is 21.8. The van der Waals surface area contributed by atoms with Crippen molar-refractivity contribution in [2.24, 2.45) is 4.99 Å². The van der Waals surface area contributed by atoms with Gasteiger partial charge >= 0.3 is 6.09 Å². The summed E-state index contributed by atoms with van der Waals surface area (Å²) in [5.41, 5.74) is -1.02. The molecule has 1 amide bonds. The lowest BCUT2D eigenvalue weighted by atomic mass is 9.85. The molecular formula is C16H14Br2N4O4. The van der Waals surface area contributed by atoms with E-state index in [1.165, 1.54) is 6.08 Å². The molecule has 8 nitrogen and oxygen atoms in total. The Morgan fingerprint density at radius 2 is 2.23 bits per heavy atom. The molecule has 10 heteroatoms. The first-order valence-electron chi connectivity index (χ1n) is 7.51. The van der Waals surface area contributed by atoms with Gasteiger partial charge in [0.05, 0.1) is 24.7 Å². The average molecular weight is 486 g/mol. The van der Waals surface area contributed by atoms with Gasteiger partial charge in [-0.3, -0.25) is 20.4 Å². The van der Waals surface area contributed by atoms with Gasteiger partial charge < -0.3 is 4.74 Å². The van der Waals surface area contributed by atoms with Crippen LogP contribution in [0.25, 0.3) is 0 Å². The Bertz CT molecular complexity index is 834. The van der Waals surface area contributed by atoms with Crippen LogP contribution in [0.4, 0.5) is 4.79 Å². The number of nitrogens with zero attached hydrogens (tertiary/aromatic N) is 3. The molecule has 0 spiro atoms. The van der Waals surface area contributed by atoms with Crippen LogP contribution in [0.3, 0.4) is 0 Å². The van der Waals surface area contributed by atoms with Crippen LogP contribution in [0.1, 0.15) is 18.1 Å². The van der Waals surface area contributed by atoms with E-state index in [1.54, 1.807) is 31.2 Å². The highest BCUT2D eigenvalue weighted by Gasteiger charge is 2.56. The predicted octanol–water partition coefficient (Wildman–Crippen LogP) is 3.27. The van der Waals surface area contributed by atoms with E-state index in [-0.39, 0.29) is 18.7 Å². The number of hydrogen-bond donors (Lipinski definition) is 1. The standard InChI is InChI=1S/C16H14Br2N4O4/c1-2-26-15(23)20-12-7-13(17)21-14(18)16(12,22(24)25)8-10-5-3-4-6-11(10)9-19/h3-7,14H,2,8H2,1H3,(H,20,23). The fraction of sp³-hybridized carbons (Fsp3) is 0.312. The minimum absolute atomic E-state index is 0.0115. The molecule has 0 radical (unpaired) electrons. The fourth-order valence-electron chi connectivity index (χ4n) is 2.55. The van der Waals surface area contributed by atoms with Crippen LogP contribution in [-0.4, -0.2) is 32.7 Å². The third-order valence-electron chi connectivity index (χ3n) is 3.80. The Morgan fingerprint density at radius 3 is 2.85 bits per heavy atom. The molecule has 1 aliphatic heterocycles. The maximum atomic E-state index is 12.1. The number of ether oxygens (including phenoxy) is 1. The van der Waals surface area contributed by atoms with Gasteiger partial charge in [0, 0.05) is 4.92 Å². The summed E-state index contributed by atoms with van der Waals surface area (Å²) in [5, 5.41) is 23.9. The number of dihydropyridines is 1. The second-order valence-electron chi connectivity index (χ2n) is 5.32. The van der Waals surface area contributed by atoms with Crippen LogP contribution in [0, 0.1) is 21.4 Å². The molecule has 2 atom stereocenters. The number of benzene rings is 1. The Hall–Kier alpha value is -2.25. The molecule has 136 valence electrons. The lowest BCUT2D eigenvalue weighted by Crippen LogP contribution is -2.55. The molecule has 1 aliphatic rings. The third-order valence-corrected chi connectivity index (χ3v) is 5.19. The summed E-state index contributed by atoms with van der Waals surface area (Å²) in [6.07, 6.45) is 0.411. The Labute approximate surface area is 166 Å². The number of amides is 1. The van der Waals surface area contributed by atoms with E-state index in [9.17, 15) is 20.2 Å². The van der Waals surface area contributed by atoms with E-state index >= 15 is 0 Å². The van der Waals surface area contributed by atoms with Crippen molar-refractivity contribution in [3.05, 3.63) is 57.3 Å². The Kier molecular flexibility index (Phi) is 6.50. The summed E-state index contributed by atoms with van der Waals surface area (Å²) >= 11 is 6.44. The molecule has 1 heterocycles. The summed E-state index contributed by atoms with van der Waals surface area (Å²) in [6, 6.07) is 8.61. The molecule has 26 heavy (non-hydrogen) atoms. The molecule has 0 saturated heterocycles. The van der Waals surface area contributed by atoms with Crippen molar-refractivity contribution in [1.29, 1.82) is 5.26 Å². The van der Waals surface area contributed by atoms with Crippen LogP contribution < -0.4 is 5.32 Å². The first kappa shape index (κ1) is 20.1. The van der Waals surface area contributed by atoms with Crippen molar-refractivity contribution < 1.29 is 14.5 Å². The van der Waals surface area contributed by atoms with Gasteiger partial charge in [0.1, 0.15) is 10.3 Å². The number of alkyl halides is 1. The fourth-order valence-corrected chi connectivity index (χ4v) is 4.05. The second-order valence-corrected chi connectivity index (χ2v) is 7.00. The van der Waals surface area contributed by atoms with Crippen LogP contribution in [0.15, 0.2) is 41.0 Å². The number of rotatable bonds is 5. The number of carbonyl (C=O) groups excluding carboxylic acids is 1. The molecular weight excluding hydrogens is 472 g/mol. The number of nitriles is 1. The van der Waals surface area contributed by atoms with E-state index in [2.05, 4.69) is 42.2 Å². The number of aliphatic imine (C=N–C) groups is 1. The van der Waals surface area contributed by atoms with Gasteiger partial charge in [0.2, 0.25) is 0 Å². The van der Waals surface area contributed by atoms with Gasteiger partial charge in [0.15, 0.2) is 4.95 Å². The first-order chi connectivity index (χ1) is 12.3. The van der Waals surface area contributed by atoms with Gasteiger partial charge in [-0.25, -0.2) is 4.79 Å². The van der Waals surface area contributed by atoms with Crippen LogP contribution >= 0.6 is 31.9 Å². The largest absolute Gasteiger partial charge is 0.450 e. The average Bonchev–Trinajstić information content (AvgIpc) is 2.58. The number of halogens is 2. The highest BCUT2D eigenvalue weighted by atomic mass is 79.9. The maximum Gasteiger partial charge on any atom is 0.411 e. The van der Waals surface area contributed by atoms with Crippen molar-refractivity contribution in [3.8, 4) is 6.07 Å². The number of allylic oxidation sites excluding steroid dienone is 1. The summed E-state index contributed by atoms with van der Waals surface area (Å²) in [7, 11) is 0. The third kappa shape index (κ3) is 3.94. The number of nitro groups is 1. The molecule has 0 bridgehead atoms. The molecule has 1 aromatic rings. The van der Waals surface area contributed by atoms with E-state index < -0.39 is 21.5 Å². The first-order valence-corrected chi connectivity index (χ1v) is 9.21.